The van der Waals surface area contributed by atoms with E-state index >= 15 is 0 Å². The minimum Gasteiger partial charge on any atom is -0.288 e. The van der Waals surface area contributed by atoms with Crippen LogP contribution in [0, 0.1) is 0 Å². The van der Waals surface area contributed by atoms with E-state index in [4.69, 9.17) is 0 Å². The molecule has 2 aromatic rings. The van der Waals surface area contributed by atoms with Gasteiger partial charge in [0.25, 0.3) is 0 Å². The van der Waals surface area contributed by atoms with Crippen molar-refractivity contribution in [3.8, 4) is 0 Å². The molecule has 2 amide bonds. The molecule has 2 fully saturated rings. The van der Waals surface area contributed by atoms with E-state index in [1.165, 1.54) is 21.9 Å². The second kappa shape index (κ2) is 6.48. The van der Waals surface area contributed by atoms with E-state index in [1.807, 2.05) is 0 Å². The van der Waals surface area contributed by atoms with Gasteiger partial charge in [0.1, 0.15) is 0 Å². The van der Waals surface area contributed by atoms with E-state index in [9.17, 15) is 26.4 Å². The van der Waals surface area contributed by atoms with Crippen molar-refractivity contribution in [1.82, 2.24) is 0 Å². The first kappa shape index (κ1) is 19.3. The summed E-state index contributed by atoms with van der Waals surface area (Å²) in [5.74, 6) is -0.512. The Hall–Kier alpha value is -2.07. The number of carbonyl (C=O) groups excluding carboxylic acids is 1. The summed E-state index contributed by atoms with van der Waals surface area (Å²) in [5.41, 5.74) is -0.362. The zero-order valence-corrected chi connectivity index (χ0v) is 16.6. The summed E-state index contributed by atoms with van der Waals surface area (Å²) < 4.78 is 64.6. The summed E-state index contributed by atoms with van der Waals surface area (Å²) in [6.45, 7) is 0. The number of nitrogens with zero attached hydrogens (tertiary/aromatic N) is 2. The Morgan fingerprint density at radius 2 is 1.50 bits per heavy atom. The minimum atomic E-state index is -4.56. The monoisotopic (exact) mass is 474 g/mol. The first-order valence-electron chi connectivity index (χ1n) is 8.32. The van der Waals surface area contributed by atoms with Crippen molar-refractivity contribution in [2.45, 2.75) is 18.3 Å². The van der Waals surface area contributed by atoms with Crippen LogP contribution in [-0.4, -0.2) is 38.0 Å². The smallest absolute Gasteiger partial charge is 0.288 e. The zero-order valence-electron chi connectivity index (χ0n) is 14.2. The number of anilines is 2. The van der Waals surface area contributed by atoms with Crippen molar-refractivity contribution in [3.05, 3.63) is 58.6 Å². The van der Waals surface area contributed by atoms with Gasteiger partial charge in [-0.15, -0.1) is 0 Å². The molecule has 0 aliphatic carbocycles. The Bertz CT molecular complexity index is 1040. The maximum atomic E-state index is 13.1. The molecule has 2 aromatic carbocycles. The summed E-state index contributed by atoms with van der Waals surface area (Å²) in [5, 5.41) is 0. The third kappa shape index (κ3) is 3.28. The van der Waals surface area contributed by atoms with Gasteiger partial charge in [0.05, 0.1) is 29.2 Å². The highest BCUT2D eigenvalue weighted by molar-refractivity contribution is 9.10. The third-order valence-corrected chi connectivity index (χ3v) is 7.15. The maximum Gasteiger partial charge on any atom is 0.416 e. The van der Waals surface area contributed by atoms with Crippen molar-refractivity contribution in [2.24, 2.45) is 0 Å². The average molecular weight is 475 g/mol. The van der Waals surface area contributed by atoms with Gasteiger partial charge < -0.3 is 0 Å². The molecule has 148 valence electrons. The summed E-state index contributed by atoms with van der Waals surface area (Å²) in [7, 11) is -3.42. The molecule has 28 heavy (non-hydrogen) atoms. The predicted molar refractivity (Wildman–Crippen MR) is 102 cm³/mol. The fourth-order valence-electron chi connectivity index (χ4n) is 3.74. The van der Waals surface area contributed by atoms with Crippen molar-refractivity contribution < 1.29 is 26.4 Å². The molecule has 2 atom stereocenters. The maximum absolute atomic E-state index is 13.1. The van der Waals surface area contributed by atoms with Gasteiger partial charge >= 0.3 is 12.2 Å². The predicted octanol–water partition coefficient (Wildman–Crippen LogP) is 4.08. The number of hydrogen-bond donors (Lipinski definition) is 0. The number of rotatable bonds is 2. The van der Waals surface area contributed by atoms with Crippen LogP contribution in [0.5, 0.6) is 0 Å². The molecule has 2 heterocycles. The van der Waals surface area contributed by atoms with Crippen LogP contribution in [0.1, 0.15) is 5.56 Å². The largest absolute Gasteiger partial charge is 0.416 e. The van der Waals surface area contributed by atoms with Gasteiger partial charge in [-0.05, 0) is 42.5 Å². The molecule has 0 saturated carbocycles. The highest BCUT2D eigenvalue weighted by Gasteiger charge is 2.54. The topological polar surface area (TPSA) is 57.7 Å². The molecule has 0 N–H and O–H groups in total. The van der Waals surface area contributed by atoms with Crippen LogP contribution in [0.3, 0.4) is 0 Å². The van der Waals surface area contributed by atoms with Crippen molar-refractivity contribution in [2.75, 3.05) is 21.3 Å². The number of amides is 2. The quantitative estimate of drug-likeness (QED) is 0.616. The lowest BCUT2D eigenvalue weighted by Crippen LogP contribution is -2.38. The number of carbonyl (C=O) groups is 1. The number of halogens is 4. The fourth-order valence-corrected chi connectivity index (χ4v) is 5.92. The molecule has 0 aromatic heterocycles. The zero-order chi connectivity index (χ0) is 20.3. The number of urea groups is 1. The Morgan fingerprint density at radius 3 is 2.07 bits per heavy atom. The SMILES string of the molecule is O=C1N(c2ccc(Br)cc2)[C@H]2CS(=O)(=O)C[C@@H]2N1c1cccc(C(F)(F)F)c1. The first-order chi connectivity index (χ1) is 13.1. The summed E-state index contributed by atoms with van der Waals surface area (Å²) >= 11 is 3.30. The molecule has 2 aliphatic heterocycles. The van der Waals surface area contributed by atoms with Gasteiger partial charge in [0.15, 0.2) is 9.84 Å². The number of fused-ring (bicyclic) bond motifs is 1. The number of hydrogen-bond acceptors (Lipinski definition) is 3. The Labute approximate surface area is 167 Å². The van der Waals surface area contributed by atoms with Crippen molar-refractivity contribution in [1.29, 1.82) is 0 Å². The Balaban J connectivity index is 1.80. The normalized spacial score (nSPS) is 23.9. The van der Waals surface area contributed by atoms with Crippen LogP contribution in [0.15, 0.2) is 53.0 Å². The lowest BCUT2D eigenvalue weighted by atomic mass is 10.1. The third-order valence-electron chi connectivity index (χ3n) is 4.93. The highest BCUT2D eigenvalue weighted by atomic mass is 79.9. The highest BCUT2D eigenvalue weighted by Crippen LogP contribution is 2.40. The number of benzene rings is 2. The molecular formula is C18H14BrF3N2O3S. The molecule has 0 spiro atoms. The van der Waals surface area contributed by atoms with Crippen LogP contribution in [0.25, 0.3) is 0 Å². The van der Waals surface area contributed by atoms with Gasteiger partial charge in [0, 0.05) is 15.8 Å². The summed E-state index contributed by atoms with van der Waals surface area (Å²) in [6, 6.07) is 9.22. The summed E-state index contributed by atoms with van der Waals surface area (Å²) in [6.07, 6.45) is -4.56. The van der Waals surface area contributed by atoms with Crippen LogP contribution in [-0.2, 0) is 16.0 Å². The van der Waals surface area contributed by atoms with Gasteiger partial charge in [0.2, 0.25) is 0 Å². The van der Waals surface area contributed by atoms with E-state index < -0.39 is 39.7 Å². The number of sulfone groups is 1. The molecule has 0 bridgehead atoms. The standard InChI is InChI=1S/C18H14BrF3N2O3S/c19-12-4-6-13(7-5-12)23-15-9-28(26,27)10-16(15)24(17(23)25)14-3-1-2-11(8-14)18(20,21)22/h1-8,15-16H,9-10H2/t15-,16-/m0/s1. The molecule has 0 unspecified atom stereocenters. The van der Waals surface area contributed by atoms with Crippen LogP contribution in [0.2, 0.25) is 0 Å². The molecule has 5 nitrogen and oxygen atoms in total. The second-order valence-corrected chi connectivity index (χ2v) is 9.83. The summed E-state index contributed by atoms with van der Waals surface area (Å²) in [4.78, 5) is 15.7. The Morgan fingerprint density at radius 1 is 0.929 bits per heavy atom. The van der Waals surface area contributed by atoms with Gasteiger partial charge in [-0.1, -0.05) is 22.0 Å². The van der Waals surface area contributed by atoms with Crippen LogP contribution in [0.4, 0.5) is 29.3 Å². The minimum absolute atomic E-state index is 0.0338. The van der Waals surface area contributed by atoms with E-state index in [1.54, 1.807) is 24.3 Å². The van der Waals surface area contributed by atoms with Crippen LogP contribution >= 0.6 is 15.9 Å². The van der Waals surface area contributed by atoms with E-state index in [0.29, 0.717) is 5.69 Å². The van der Waals surface area contributed by atoms with E-state index in [2.05, 4.69) is 15.9 Å². The molecule has 2 saturated heterocycles. The molecule has 4 rings (SSSR count). The Kier molecular flexibility index (Phi) is 4.46. The molecule has 2 aliphatic rings. The number of alkyl halides is 3. The van der Waals surface area contributed by atoms with E-state index in [0.717, 1.165) is 16.6 Å². The second-order valence-electron chi connectivity index (χ2n) is 6.76. The molecule has 10 heteroatoms. The fraction of sp³-hybridized carbons (Fsp3) is 0.278. The molecule has 0 radical (unpaired) electrons. The molecular weight excluding hydrogens is 461 g/mol. The van der Waals surface area contributed by atoms with Crippen molar-refractivity contribution in [3.63, 3.8) is 0 Å². The first-order valence-corrected chi connectivity index (χ1v) is 10.9. The van der Waals surface area contributed by atoms with Crippen molar-refractivity contribution >= 4 is 43.2 Å². The van der Waals surface area contributed by atoms with Gasteiger partial charge in [-0.25, -0.2) is 13.2 Å². The average Bonchev–Trinajstić information content (AvgIpc) is 3.04. The van der Waals surface area contributed by atoms with Crippen LogP contribution < -0.4 is 9.80 Å². The van der Waals surface area contributed by atoms with E-state index in [-0.39, 0.29) is 17.2 Å². The van der Waals surface area contributed by atoms with Gasteiger partial charge in [-0.3, -0.25) is 9.80 Å². The lowest BCUT2D eigenvalue weighted by Gasteiger charge is -2.23. The van der Waals surface area contributed by atoms with Gasteiger partial charge in [-0.2, -0.15) is 13.2 Å². The lowest BCUT2D eigenvalue weighted by molar-refractivity contribution is -0.137.